The number of carbonyl (C=O) groups is 1. The third-order valence-electron chi connectivity index (χ3n) is 3.57. The number of phenols is 1. The van der Waals surface area contributed by atoms with Crippen LogP contribution in [-0.4, -0.2) is 22.6 Å². The molecule has 8 nitrogen and oxygen atoms in total. The van der Waals surface area contributed by atoms with E-state index in [2.05, 4.69) is 11.8 Å². The van der Waals surface area contributed by atoms with E-state index in [-0.39, 0.29) is 45.6 Å². The Kier molecular flexibility index (Phi) is 4.86. The van der Waals surface area contributed by atoms with Crippen molar-refractivity contribution in [1.82, 2.24) is 0 Å². The summed E-state index contributed by atoms with van der Waals surface area (Å²) in [6.45, 7) is -0.275. The van der Waals surface area contributed by atoms with Gasteiger partial charge in [-0.2, -0.15) is 0 Å². The number of non-ortho nitro benzene ring substituents is 1. The van der Waals surface area contributed by atoms with Crippen LogP contribution in [-0.2, 0) is 4.74 Å². The van der Waals surface area contributed by atoms with Crippen LogP contribution in [0.2, 0.25) is 0 Å². The van der Waals surface area contributed by atoms with Crippen molar-refractivity contribution in [3.05, 3.63) is 80.2 Å². The molecule has 3 aromatic rings. The molecule has 3 rings (SSSR count). The second-order valence-corrected chi connectivity index (χ2v) is 5.34. The number of carbonyl (C=O) groups excluding carboxylic acids is 1. The summed E-state index contributed by atoms with van der Waals surface area (Å²) in [5, 5.41) is 20.2. The Balaban J connectivity index is 1.68. The number of hydrogen-bond donors (Lipinski definition) is 1. The molecule has 2 aromatic carbocycles. The summed E-state index contributed by atoms with van der Waals surface area (Å²) >= 11 is 0. The molecule has 1 N–H and O–H groups in total. The molecule has 1 aromatic heterocycles. The van der Waals surface area contributed by atoms with Gasteiger partial charge in [0.05, 0.1) is 15.9 Å². The fraction of sp³-hybridized carbons (Fsp3) is 0.0526. The zero-order chi connectivity index (χ0) is 19.4. The number of benzene rings is 2. The highest BCUT2D eigenvalue weighted by Crippen LogP contribution is 2.17. The second-order valence-electron chi connectivity index (χ2n) is 5.34. The molecule has 0 bridgehead atoms. The Morgan fingerprint density at radius 2 is 1.96 bits per heavy atom. The van der Waals surface area contributed by atoms with Crippen molar-refractivity contribution in [3.8, 4) is 17.6 Å². The first-order valence-corrected chi connectivity index (χ1v) is 7.60. The zero-order valence-electron chi connectivity index (χ0n) is 13.7. The number of nitro benzene ring substituents is 1. The van der Waals surface area contributed by atoms with Crippen LogP contribution in [0.1, 0.15) is 15.9 Å². The first-order chi connectivity index (χ1) is 13.0. The standard InChI is InChI=1S/C19H11NO7/c21-15-7-8-16-17(10-15)27-11-13(18(16)22)2-1-9-26-19(23)12-3-5-14(6-4-12)20(24)25/h3-8,10-11,21H,9H2. The van der Waals surface area contributed by atoms with Crippen molar-refractivity contribution in [2.45, 2.75) is 0 Å². The fourth-order valence-electron chi connectivity index (χ4n) is 2.24. The predicted molar refractivity (Wildman–Crippen MR) is 94.4 cm³/mol. The maximum Gasteiger partial charge on any atom is 0.339 e. The van der Waals surface area contributed by atoms with E-state index < -0.39 is 10.9 Å². The third-order valence-corrected chi connectivity index (χ3v) is 3.57. The van der Waals surface area contributed by atoms with Crippen LogP contribution < -0.4 is 5.43 Å². The Labute approximate surface area is 151 Å². The van der Waals surface area contributed by atoms with Crippen molar-refractivity contribution < 1.29 is 24.0 Å². The summed E-state index contributed by atoms with van der Waals surface area (Å²) in [5.74, 6) is 4.38. The summed E-state index contributed by atoms with van der Waals surface area (Å²) in [6.07, 6.45) is 1.16. The van der Waals surface area contributed by atoms with Crippen molar-refractivity contribution in [2.75, 3.05) is 6.61 Å². The molecule has 8 heteroatoms. The van der Waals surface area contributed by atoms with Crippen LogP contribution in [0, 0.1) is 22.0 Å². The SMILES string of the molecule is O=C(OCC#Cc1coc2cc(O)ccc2c1=O)c1ccc([N+](=O)[O-])cc1. The lowest BCUT2D eigenvalue weighted by Crippen LogP contribution is -2.07. The molecule has 0 radical (unpaired) electrons. The summed E-state index contributed by atoms with van der Waals surface area (Å²) in [5.41, 5.74) is -0.0460. The third kappa shape index (κ3) is 3.93. The number of nitrogens with zero attached hydrogens (tertiary/aromatic N) is 1. The summed E-state index contributed by atoms with van der Waals surface area (Å²) < 4.78 is 10.2. The molecule has 0 atom stereocenters. The maximum atomic E-state index is 12.3. The van der Waals surface area contributed by atoms with Crippen LogP contribution in [0.15, 0.2) is 57.9 Å². The van der Waals surface area contributed by atoms with E-state index in [0.29, 0.717) is 0 Å². The highest BCUT2D eigenvalue weighted by molar-refractivity contribution is 5.89. The van der Waals surface area contributed by atoms with Crippen LogP contribution >= 0.6 is 0 Å². The molecule has 0 aliphatic rings. The minimum absolute atomic E-state index is 0.0253. The van der Waals surface area contributed by atoms with Gasteiger partial charge in [-0.15, -0.1) is 0 Å². The van der Waals surface area contributed by atoms with Crippen LogP contribution in [0.5, 0.6) is 5.75 Å². The number of nitro groups is 1. The van der Waals surface area contributed by atoms with Gasteiger partial charge in [-0.25, -0.2) is 4.79 Å². The van der Waals surface area contributed by atoms with E-state index in [1.54, 1.807) is 0 Å². The number of ether oxygens (including phenoxy) is 1. The van der Waals surface area contributed by atoms with E-state index in [4.69, 9.17) is 9.15 Å². The van der Waals surface area contributed by atoms with E-state index in [1.165, 1.54) is 42.5 Å². The number of rotatable bonds is 3. The van der Waals surface area contributed by atoms with Crippen LogP contribution in [0.3, 0.4) is 0 Å². The maximum absolute atomic E-state index is 12.3. The van der Waals surface area contributed by atoms with Gasteiger partial charge >= 0.3 is 5.97 Å². The van der Waals surface area contributed by atoms with Crippen molar-refractivity contribution in [2.24, 2.45) is 0 Å². The number of phenolic OH excluding ortho intramolecular Hbond substituents is 1. The molecule has 0 unspecified atom stereocenters. The Morgan fingerprint density at radius 3 is 2.67 bits per heavy atom. The van der Waals surface area contributed by atoms with Crippen LogP contribution in [0.25, 0.3) is 11.0 Å². The minimum atomic E-state index is -0.694. The minimum Gasteiger partial charge on any atom is -0.508 e. The molecule has 0 amide bonds. The normalized spacial score (nSPS) is 10.1. The number of aromatic hydroxyl groups is 1. The average molecular weight is 365 g/mol. The molecule has 1 heterocycles. The smallest absolute Gasteiger partial charge is 0.339 e. The quantitative estimate of drug-likeness (QED) is 0.328. The summed E-state index contributed by atoms with van der Waals surface area (Å²) in [6, 6.07) is 9.06. The molecule has 134 valence electrons. The molecule has 27 heavy (non-hydrogen) atoms. The van der Waals surface area contributed by atoms with Gasteiger partial charge in [-0.05, 0) is 24.3 Å². The van der Waals surface area contributed by atoms with Gasteiger partial charge in [0.25, 0.3) is 5.69 Å². The number of esters is 1. The lowest BCUT2D eigenvalue weighted by molar-refractivity contribution is -0.384. The van der Waals surface area contributed by atoms with Gasteiger partial charge < -0.3 is 14.3 Å². The molecular formula is C19H11NO7. The van der Waals surface area contributed by atoms with E-state index >= 15 is 0 Å². The van der Waals surface area contributed by atoms with E-state index in [0.717, 1.165) is 6.26 Å². The van der Waals surface area contributed by atoms with Gasteiger partial charge in [-0.3, -0.25) is 14.9 Å². The summed E-state index contributed by atoms with van der Waals surface area (Å²) in [4.78, 5) is 34.1. The molecule has 0 saturated carbocycles. The Morgan fingerprint density at radius 1 is 1.22 bits per heavy atom. The Hall–Kier alpha value is -4.12. The van der Waals surface area contributed by atoms with Gasteiger partial charge in [-0.1, -0.05) is 11.8 Å². The van der Waals surface area contributed by atoms with E-state index in [1.807, 2.05) is 0 Å². The Bertz CT molecular complexity index is 1150. The molecular weight excluding hydrogens is 354 g/mol. The van der Waals surface area contributed by atoms with Crippen molar-refractivity contribution in [3.63, 3.8) is 0 Å². The van der Waals surface area contributed by atoms with Gasteiger partial charge in [0.15, 0.2) is 6.61 Å². The molecule has 0 spiro atoms. The predicted octanol–water partition coefficient (Wildman–Crippen LogP) is 2.62. The lowest BCUT2D eigenvalue weighted by atomic mass is 10.1. The fourth-order valence-corrected chi connectivity index (χ4v) is 2.24. The average Bonchev–Trinajstić information content (AvgIpc) is 2.66. The molecule has 0 saturated heterocycles. The van der Waals surface area contributed by atoms with E-state index in [9.17, 15) is 24.8 Å². The van der Waals surface area contributed by atoms with Gasteiger partial charge in [0.1, 0.15) is 23.2 Å². The van der Waals surface area contributed by atoms with Crippen molar-refractivity contribution >= 4 is 22.6 Å². The topological polar surface area (TPSA) is 120 Å². The lowest BCUT2D eigenvalue weighted by Gasteiger charge is -2.00. The number of hydrogen-bond acceptors (Lipinski definition) is 7. The van der Waals surface area contributed by atoms with Gasteiger partial charge in [0.2, 0.25) is 5.43 Å². The van der Waals surface area contributed by atoms with Crippen molar-refractivity contribution in [1.29, 1.82) is 0 Å². The molecule has 0 fully saturated rings. The van der Waals surface area contributed by atoms with Gasteiger partial charge in [0, 0.05) is 18.2 Å². The summed E-state index contributed by atoms with van der Waals surface area (Å²) in [7, 11) is 0. The first kappa shape index (κ1) is 17.7. The molecule has 0 aliphatic heterocycles. The first-order valence-electron chi connectivity index (χ1n) is 7.60. The molecule has 0 aliphatic carbocycles. The highest BCUT2D eigenvalue weighted by Gasteiger charge is 2.10. The highest BCUT2D eigenvalue weighted by atomic mass is 16.6. The second kappa shape index (κ2) is 7.41. The number of fused-ring (bicyclic) bond motifs is 1. The zero-order valence-corrected chi connectivity index (χ0v) is 13.7. The monoisotopic (exact) mass is 365 g/mol. The van der Waals surface area contributed by atoms with Crippen LogP contribution in [0.4, 0.5) is 5.69 Å². The largest absolute Gasteiger partial charge is 0.508 e.